The van der Waals surface area contributed by atoms with Crippen molar-refractivity contribution < 1.29 is 8.42 Å². The van der Waals surface area contributed by atoms with E-state index in [1.807, 2.05) is 6.92 Å². The van der Waals surface area contributed by atoms with Crippen molar-refractivity contribution in [3.63, 3.8) is 0 Å². The first-order chi connectivity index (χ1) is 10.4. The van der Waals surface area contributed by atoms with Gasteiger partial charge in [-0.05, 0) is 42.6 Å². The fourth-order valence-corrected chi connectivity index (χ4v) is 3.33. The molecular formula is C16H13ClN2O2S. The van der Waals surface area contributed by atoms with E-state index in [9.17, 15) is 8.42 Å². The quantitative estimate of drug-likeness (QED) is 0.737. The maximum atomic E-state index is 12.4. The fraction of sp³-hybridized carbons (Fsp3) is 0.0625. The van der Waals surface area contributed by atoms with Crippen LogP contribution in [-0.4, -0.2) is 13.4 Å². The lowest BCUT2D eigenvalue weighted by Gasteiger charge is -2.09. The first-order valence-electron chi connectivity index (χ1n) is 6.59. The first-order valence-corrected chi connectivity index (χ1v) is 8.45. The summed E-state index contributed by atoms with van der Waals surface area (Å²) >= 11 is 5.84. The van der Waals surface area contributed by atoms with Gasteiger partial charge in [0.15, 0.2) is 0 Å². The number of hydrogen-bond acceptors (Lipinski definition) is 3. The molecule has 112 valence electrons. The van der Waals surface area contributed by atoms with Crippen LogP contribution in [0.4, 0.5) is 5.69 Å². The summed E-state index contributed by atoms with van der Waals surface area (Å²) in [6.45, 7) is 1.91. The lowest BCUT2D eigenvalue weighted by molar-refractivity contribution is 0.601. The Morgan fingerprint density at radius 1 is 1.00 bits per heavy atom. The number of aromatic nitrogens is 1. The highest BCUT2D eigenvalue weighted by Gasteiger charge is 2.14. The van der Waals surface area contributed by atoms with Crippen molar-refractivity contribution in [2.24, 2.45) is 0 Å². The van der Waals surface area contributed by atoms with E-state index >= 15 is 0 Å². The van der Waals surface area contributed by atoms with Crippen molar-refractivity contribution in [3.8, 4) is 0 Å². The predicted octanol–water partition coefficient (Wildman–Crippen LogP) is 4.00. The summed E-state index contributed by atoms with van der Waals surface area (Å²) in [6.07, 6.45) is 1.61. The van der Waals surface area contributed by atoms with Gasteiger partial charge in [-0.15, -0.1) is 0 Å². The Morgan fingerprint density at radius 3 is 2.45 bits per heavy atom. The Kier molecular flexibility index (Phi) is 3.76. The molecule has 22 heavy (non-hydrogen) atoms. The molecular weight excluding hydrogens is 320 g/mol. The van der Waals surface area contributed by atoms with Crippen LogP contribution in [0, 0.1) is 6.92 Å². The van der Waals surface area contributed by atoms with Crippen LogP contribution < -0.4 is 4.72 Å². The molecule has 4 nitrogen and oxygen atoms in total. The summed E-state index contributed by atoms with van der Waals surface area (Å²) in [5.41, 5.74) is 1.49. The van der Waals surface area contributed by atoms with Crippen molar-refractivity contribution in [1.82, 2.24) is 4.98 Å². The number of anilines is 1. The molecule has 0 spiro atoms. The molecule has 0 saturated heterocycles. The number of rotatable bonds is 3. The van der Waals surface area contributed by atoms with E-state index in [0.717, 1.165) is 16.3 Å². The molecule has 0 bridgehead atoms. The zero-order valence-electron chi connectivity index (χ0n) is 11.7. The molecule has 0 radical (unpaired) electrons. The van der Waals surface area contributed by atoms with E-state index < -0.39 is 10.0 Å². The number of fused-ring (bicyclic) bond motifs is 1. The molecule has 0 aliphatic rings. The number of nitrogens with zero attached hydrogens (tertiary/aromatic N) is 1. The average Bonchev–Trinajstić information content (AvgIpc) is 2.47. The van der Waals surface area contributed by atoms with Crippen molar-refractivity contribution >= 4 is 38.1 Å². The molecule has 0 unspecified atom stereocenters. The molecule has 0 amide bonds. The smallest absolute Gasteiger partial charge is 0.261 e. The van der Waals surface area contributed by atoms with Gasteiger partial charge in [0, 0.05) is 17.3 Å². The van der Waals surface area contributed by atoms with E-state index in [4.69, 9.17) is 11.6 Å². The molecule has 0 saturated carbocycles. The van der Waals surface area contributed by atoms with Crippen molar-refractivity contribution in [1.29, 1.82) is 0 Å². The zero-order valence-corrected chi connectivity index (χ0v) is 13.3. The standard InChI is InChI=1S/C16H13ClN2O2S/c1-11-2-6-15(7-3-11)22(20,21)19-14-5-4-12-9-16(17)18-10-13(12)8-14/h2-10,19H,1H3. The zero-order chi connectivity index (χ0) is 15.7. The van der Waals surface area contributed by atoms with Gasteiger partial charge in [-0.25, -0.2) is 13.4 Å². The highest BCUT2D eigenvalue weighted by atomic mass is 35.5. The second kappa shape index (κ2) is 5.59. The van der Waals surface area contributed by atoms with Crippen molar-refractivity contribution in [2.75, 3.05) is 4.72 Å². The number of hydrogen-bond donors (Lipinski definition) is 1. The van der Waals surface area contributed by atoms with E-state index in [-0.39, 0.29) is 4.90 Å². The van der Waals surface area contributed by atoms with Gasteiger partial charge in [0.05, 0.1) is 4.90 Å². The molecule has 1 N–H and O–H groups in total. The van der Waals surface area contributed by atoms with Crippen LogP contribution in [-0.2, 0) is 10.0 Å². The molecule has 0 atom stereocenters. The monoisotopic (exact) mass is 332 g/mol. The summed E-state index contributed by atoms with van der Waals surface area (Å²) in [6, 6.07) is 13.7. The molecule has 3 rings (SSSR count). The Morgan fingerprint density at radius 2 is 1.73 bits per heavy atom. The maximum Gasteiger partial charge on any atom is 0.261 e. The molecule has 6 heteroatoms. The topological polar surface area (TPSA) is 59.1 Å². The van der Waals surface area contributed by atoms with E-state index in [2.05, 4.69) is 9.71 Å². The van der Waals surface area contributed by atoms with Gasteiger partial charge in [-0.2, -0.15) is 0 Å². The van der Waals surface area contributed by atoms with Gasteiger partial charge >= 0.3 is 0 Å². The van der Waals surface area contributed by atoms with Crippen LogP contribution in [0.15, 0.2) is 59.6 Å². The Labute approximate surface area is 133 Å². The van der Waals surface area contributed by atoms with E-state index in [1.54, 1.807) is 54.7 Å². The second-order valence-corrected chi connectivity index (χ2v) is 7.06. The van der Waals surface area contributed by atoms with Gasteiger partial charge in [0.25, 0.3) is 10.0 Å². The minimum absolute atomic E-state index is 0.229. The minimum Gasteiger partial charge on any atom is -0.280 e. The molecule has 3 aromatic rings. The van der Waals surface area contributed by atoms with Gasteiger partial charge < -0.3 is 0 Å². The van der Waals surface area contributed by atoms with E-state index in [1.165, 1.54) is 0 Å². The molecule has 1 heterocycles. The highest BCUT2D eigenvalue weighted by molar-refractivity contribution is 7.92. The molecule has 2 aromatic carbocycles. The maximum absolute atomic E-state index is 12.4. The third-order valence-electron chi connectivity index (χ3n) is 3.27. The van der Waals surface area contributed by atoms with Crippen LogP contribution >= 0.6 is 11.6 Å². The van der Waals surface area contributed by atoms with Crippen LogP contribution in [0.1, 0.15) is 5.56 Å². The minimum atomic E-state index is -3.60. The fourth-order valence-electron chi connectivity index (χ4n) is 2.11. The Hall–Kier alpha value is -2.11. The summed E-state index contributed by atoms with van der Waals surface area (Å²) in [5, 5.41) is 2.12. The third kappa shape index (κ3) is 3.05. The molecule has 0 aliphatic heterocycles. The largest absolute Gasteiger partial charge is 0.280 e. The van der Waals surface area contributed by atoms with Crippen LogP contribution in [0.3, 0.4) is 0 Å². The summed E-state index contributed by atoms with van der Waals surface area (Å²) in [7, 11) is -3.60. The van der Waals surface area contributed by atoms with Crippen molar-refractivity contribution in [3.05, 3.63) is 65.4 Å². The molecule has 0 fully saturated rings. The number of pyridine rings is 1. The Bertz CT molecular complexity index is 938. The number of aryl methyl sites for hydroxylation is 1. The van der Waals surface area contributed by atoms with Crippen LogP contribution in [0.25, 0.3) is 10.8 Å². The molecule has 0 aliphatic carbocycles. The SMILES string of the molecule is Cc1ccc(S(=O)(=O)Nc2ccc3cc(Cl)ncc3c2)cc1. The van der Waals surface area contributed by atoms with Crippen molar-refractivity contribution in [2.45, 2.75) is 11.8 Å². The lowest BCUT2D eigenvalue weighted by atomic mass is 10.2. The van der Waals surface area contributed by atoms with Gasteiger partial charge in [-0.3, -0.25) is 4.72 Å². The van der Waals surface area contributed by atoms with Gasteiger partial charge in [-0.1, -0.05) is 35.4 Å². The normalized spacial score (nSPS) is 11.5. The Balaban J connectivity index is 1.95. The number of nitrogens with one attached hydrogen (secondary N) is 1. The summed E-state index contributed by atoms with van der Waals surface area (Å²) < 4.78 is 27.3. The highest BCUT2D eigenvalue weighted by Crippen LogP contribution is 2.23. The number of sulfonamides is 1. The van der Waals surface area contributed by atoms with E-state index in [0.29, 0.717) is 10.8 Å². The van der Waals surface area contributed by atoms with Crippen LogP contribution in [0.2, 0.25) is 5.15 Å². The number of benzene rings is 2. The summed E-state index contributed by atoms with van der Waals surface area (Å²) in [4.78, 5) is 4.23. The first kappa shape index (κ1) is 14.8. The van der Waals surface area contributed by atoms with Gasteiger partial charge in [0.2, 0.25) is 0 Å². The average molecular weight is 333 g/mol. The predicted molar refractivity (Wildman–Crippen MR) is 88.7 cm³/mol. The third-order valence-corrected chi connectivity index (χ3v) is 4.88. The molecule has 1 aromatic heterocycles. The summed E-state index contributed by atoms with van der Waals surface area (Å²) in [5.74, 6) is 0. The second-order valence-electron chi connectivity index (χ2n) is 4.99. The number of halogens is 1. The van der Waals surface area contributed by atoms with Gasteiger partial charge in [0.1, 0.15) is 5.15 Å². The lowest BCUT2D eigenvalue weighted by Crippen LogP contribution is -2.12. The van der Waals surface area contributed by atoms with Crippen LogP contribution in [0.5, 0.6) is 0 Å².